The fraction of sp³-hybridized carbons (Fsp3) is 0.364. The Bertz CT molecular complexity index is 812. The van der Waals surface area contributed by atoms with E-state index in [0.717, 1.165) is 0 Å². The Labute approximate surface area is 170 Å². The van der Waals surface area contributed by atoms with Crippen molar-refractivity contribution in [2.75, 3.05) is 25.6 Å². The van der Waals surface area contributed by atoms with E-state index in [1.54, 1.807) is 30.3 Å². The van der Waals surface area contributed by atoms with Crippen LogP contribution in [0.25, 0.3) is 0 Å². The molecule has 0 aromatic heterocycles. The number of carbonyl (C=O) groups is 2. The summed E-state index contributed by atoms with van der Waals surface area (Å²) < 4.78 is 24.4. The summed E-state index contributed by atoms with van der Waals surface area (Å²) in [6.07, 6.45) is 0.304. The highest BCUT2D eigenvalue weighted by atomic mass is 19.1. The number of nitrogens with one attached hydrogen (secondary N) is 2. The van der Waals surface area contributed by atoms with Gasteiger partial charge in [0.2, 0.25) is 5.91 Å². The summed E-state index contributed by atoms with van der Waals surface area (Å²) in [6.45, 7) is 4.41. The van der Waals surface area contributed by atoms with Gasteiger partial charge in [-0.1, -0.05) is 44.2 Å². The van der Waals surface area contributed by atoms with Crippen molar-refractivity contribution in [3.8, 4) is 5.75 Å². The minimum atomic E-state index is -0.886. The molecule has 2 aromatic carbocycles. The van der Waals surface area contributed by atoms with Crippen molar-refractivity contribution in [3.63, 3.8) is 0 Å². The van der Waals surface area contributed by atoms with E-state index >= 15 is 0 Å². The third-order valence-corrected chi connectivity index (χ3v) is 4.04. The molecule has 0 heterocycles. The number of anilines is 1. The summed E-state index contributed by atoms with van der Waals surface area (Å²) >= 11 is 0. The van der Waals surface area contributed by atoms with Crippen molar-refractivity contribution < 1.29 is 23.5 Å². The number of hydrogen-bond donors (Lipinski definition) is 2. The van der Waals surface area contributed by atoms with Gasteiger partial charge in [-0.2, -0.15) is 0 Å². The van der Waals surface area contributed by atoms with Crippen molar-refractivity contribution in [2.45, 2.75) is 26.3 Å². The zero-order valence-electron chi connectivity index (χ0n) is 16.9. The molecule has 1 unspecified atom stereocenters. The van der Waals surface area contributed by atoms with Crippen LogP contribution in [0.2, 0.25) is 0 Å². The number of hydrogen-bond acceptors (Lipinski definition) is 4. The van der Waals surface area contributed by atoms with Gasteiger partial charge in [-0.25, -0.2) is 4.39 Å². The van der Waals surface area contributed by atoms with E-state index in [1.165, 1.54) is 19.2 Å². The molecule has 156 valence electrons. The molecule has 0 spiro atoms. The van der Waals surface area contributed by atoms with Crippen molar-refractivity contribution in [1.29, 1.82) is 0 Å². The van der Waals surface area contributed by atoms with Crippen LogP contribution in [-0.2, 0) is 14.3 Å². The van der Waals surface area contributed by atoms with Crippen molar-refractivity contribution in [1.82, 2.24) is 5.32 Å². The van der Waals surface area contributed by atoms with Crippen LogP contribution in [0, 0.1) is 11.7 Å². The van der Waals surface area contributed by atoms with E-state index in [2.05, 4.69) is 10.6 Å². The lowest BCUT2D eigenvalue weighted by Gasteiger charge is -2.20. The van der Waals surface area contributed by atoms with Crippen LogP contribution in [0.5, 0.6) is 5.75 Å². The standard InChI is InChI=1S/C22H27FN2O4/c1-15(2)13-20(26)25-21(16-7-5-4-6-8-16)22(27)24-17-9-10-19(18(23)14-17)29-12-11-28-3/h4-10,14-15,21H,11-13H2,1-3H3,(H,24,27)(H,25,26). The van der Waals surface area contributed by atoms with Gasteiger partial charge in [0.05, 0.1) is 6.61 Å². The van der Waals surface area contributed by atoms with E-state index in [0.29, 0.717) is 18.6 Å². The molecule has 0 saturated carbocycles. The van der Waals surface area contributed by atoms with E-state index in [-0.39, 0.29) is 29.9 Å². The van der Waals surface area contributed by atoms with Crippen LogP contribution >= 0.6 is 0 Å². The van der Waals surface area contributed by atoms with Crippen LogP contribution in [0.1, 0.15) is 31.9 Å². The average molecular weight is 402 g/mol. The number of amides is 2. The smallest absolute Gasteiger partial charge is 0.251 e. The maximum absolute atomic E-state index is 14.2. The Morgan fingerprint density at radius 2 is 1.79 bits per heavy atom. The highest BCUT2D eigenvalue weighted by molar-refractivity contribution is 5.97. The lowest BCUT2D eigenvalue weighted by Crippen LogP contribution is -2.37. The summed E-state index contributed by atoms with van der Waals surface area (Å²) in [5, 5.41) is 5.42. The molecule has 0 aliphatic carbocycles. The Hall–Kier alpha value is -2.93. The molecule has 0 bridgehead atoms. The molecule has 0 aliphatic heterocycles. The number of benzene rings is 2. The van der Waals surface area contributed by atoms with Crippen LogP contribution < -0.4 is 15.4 Å². The molecule has 29 heavy (non-hydrogen) atoms. The predicted molar refractivity (Wildman–Crippen MR) is 109 cm³/mol. The molecule has 2 aromatic rings. The first-order chi connectivity index (χ1) is 13.9. The second-order valence-corrected chi connectivity index (χ2v) is 6.98. The Kier molecular flexibility index (Phi) is 8.61. The van der Waals surface area contributed by atoms with E-state index in [4.69, 9.17) is 9.47 Å². The fourth-order valence-electron chi connectivity index (χ4n) is 2.68. The topological polar surface area (TPSA) is 76.7 Å². The molecule has 0 fully saturated rings. The molecule has 6 nitrogen and oxygen atoms in total. The number of carbonyl (C=O) groups excluding carboxylic acids is 2. The van der Waals surface area contributed by atoms with Gasteiger partial charge in [0.25, 0.3) is 5.91 Å². The average Bonchev–Trinajstić information content (AvgIpc) is 2.68. The molecule has 0 radical (unpaired) electrons. The van der Waals surface area contributed by atoms with Gasteiger partial charge < -0.3 is 20.1 Å². The largest absolute Gasteiger partial charge is 0.488 e. The first-order valence-electron chi connectivity index (χ1n) is 9.47. The zero-order valence-corrected chi connectivity index (χ0v) is 16.9. The molecular formula is C22H27FN2O4. The van der Waals surface area contributed by atoms with Crippen LogP contribution in [-0.4, -0.2) is 32.1 Å². The molecule has 1 atom stereocenters. The lowest BCUT2D eigenvalue weighted by molar-refractivity contribution is -0.127. The summed E-state index contributed by atoms with van der Waals surface area (Å²) in [4.78, 5) is 25.1. The quantitative estimate of drug-likeness (QED) is 0.594. The number of rotatable bonds is 10. The van der Waals surface area contributed by atoms with Crippen LogP contribution in [0.3, 0.4) is 0 Å². The van der Waals surface area contributed by atoms with Crippen molar-refractivity contribution >= 4 is 17.5 Å². The zero-order chi connectivity index (χ0) is 21.2. The number of methoxy groups -OCH3 is 1. The third kappa shape index (κ3) is 7.19. The van der Waals surface area contributed by atoms with Gasteiger partial charge in [-0.3, -0.25) is 9.59 Å². The molecular weight excluding hydrogens is 375 g/mol. The number of ether oxygens (including phenoxy) is 2. The molecule has 0 aliphatic rings. The van der Waals surface area contributed by atoms with Crippen molar-refractivity contribution in [2.24, 2.45) is 5.92 Å². The van der Waals surface area contributed by atoms with Gasteiger partial charge in [0.1, 0.15) is 12.6 Å². The summed E-state index contributed by atoms with van der Waals surface area (Å²) in [7, 11) is 1.53. The first-order valence-corrected chi connectivity index (χ1v) is 9.47. The first kappa shape index (κ1) is 22.4. The molecule has 2 amide bonds. The Balaban J connectivity index is 2.12. The SMILES string of the molecule is COCCOc1ccc(NC(=O)C(NC(=O)CC(C)C)c2ccccc2)cc1F. The highest BCUT2D eigenvalue weighted by Gasteiger charge is 2.23. The van der Waals surface area contributed by atoms with E-state index in [1.807, 2.05) is 19.9 Å². The summed E-state index contributed by atoms with van der Waals surface area (Å²) in [6, 6.07) is 12.2. The van der Waals surface area contributed by atoms with Crippen LogP contribution in [0.4, 0.5) is 10.1 Å². The monoisotopic (exact) mass is 402 g/mol. The van der Waals surface area contributed by atoms with Gasteiger partial charge in [0, 0.05) is 25.3 Å². The molecule has 2 rings (SSSR count). The van der Waals surface area contributed by atoms with Gasteiger partial charge in [-0.15, -0.1) is 0 Å². The lowest BCUT2D eigenvalue weighted by atomic mass is 10.0. The molecule has 7 heteroatoms. The Morgan fingerprint density at radius 1 is 1.07 bits per heavy atom. The normalized spacial score (nSPS) is 11.8. The summed E-state index contributed by atoms with van der Waals surface area (Å²) in [5.41, 5.74) is 0.910. The van der Waals surface area contributed by atoms with Gasteiger partial charge in [-0.05, 0) is 23.6 Å². The third-order valence-electron chi connectivity index (χ3n) is 4.04. The second kappa shape index (κ2) is 11.2. The minimum Gasteiger partial charge on any atom is -0.488 e. The Morgan fingerprint density at radius 3 is 2.41 bits per heavy atom. The van der Waals surface area contributed by atoms with Gasteiger partial charge >= 0.3 is 0 Å². The van der Waals surface area contributed by atoms with E-state index < -0.39 is 17.8 Å². The fourth-order valence-corrected chi connectivity index (χ4v) is 2.68. The van der Waals surface area contributed by atoms with E-state index in [9.17, 15) is 14.0 Å². The maximum Gasteiger partial charge on any atom is 0.251 e. The summed E-state index contributed by atoms with van der Waals surface area (Å²) in [5.74, 6) is -1.05. The van der Waals surface area contributed by atoms with Crippen molar-refractivity contribution in [3.05, 3.63) is 59.9 Å². The molecule has 2 N–H and O–H groups in total. The number of halogens is 1. The van der Waals surface area contributed by atoms with Gasteiger partial charge in [0.15, 0.2) is 11.6 Å². The van der Waals surface area contributed by atoms with Crippen LogP contribution in [0.15, 0.2) is 48.5 Å². The highest BCUT2D eigenvalue weighted by Crippen LogP contribution is 2.23. The second-order valence-electron chi connectivity index (χ2n) is 6.98. The maximum atomic E-state index is 14.2. The molecule has 0 saturated heterocycles. The minimum absolute atomic E-state index is 0.0740. The predicted octanol–water partition coefficient (Wildman–Crippen LogP) is 3.69.